The lowest BCUT2D eigenvalue weighted by atomic mass is 10.1. The lowest BCUT2D eigenvalue weighted by Crippen LogP contribution is -2.48. The van der Waals surface area contributed by atoms with Crippen LogP contribution < -0.4 is 0 Å². The van der Waals surface area contributed by atoms with Crippen LogP contribution >= 0.6 is 0 Å². The molecule has 0 spiro atoms. The number of carbonyl (C=O) groups excluding carboxylic acids is 1. The molecule has 1 saturated heterocycles. The minimum Gasteiger partial charge on any atom is -0.378 e. The van der Waals surface area contributed by atoms with E-state index in [2.05, 4.69) is 4.90 Å². The number of rotatable bonds is 3. The molecule has 1 aromatic carbocycles. The monoisotopic (exact) mass is 279 g/mol. The van der Waals surface area contributed by atoms with E-state index in [1.165, 1.54) is 24.3 Å². The molecule has 20 heavy (non-hydrogen) atoms. The van der Waals surface area contributed by atoms with E-state index < -0.39 is 11.0 Å². The van der Waals surface area contributed by atoms with Crippen LogP contribution in [0, 0.1) is 10.1 Å². The summed E-state index contributed by atoms with van der Waals surface area (Å²) in [6.07, 6.45) is -1.26. The number of aliphatic hydroxyl groups excluding tert-OH is 1. The summed E-state index contributed by atoms with van der Waals surface area (Å²) < 4.78 is 0. The number of nitrogens with zero attached hydrogens (tertiary/aromatic N) is 3. The molecular weight excluding hydrogens is 262 g/mol. The predicted molar refractivity (Wildman–Crippen MR) is 72.1 cm³/mol. The van der Waals surface area contributed by atoms with Gasteiger partial charge in [-0.1, -0.05) is 0 Å². The molecule has 1 aliphatic rings. The highest BCUT2D eigenvalue weighted by Gasteiger charge is 2.26. The number of hydrogen-bond acceptors (Lipinski definition) is 5. The highest BCUT2D eigenvalue weighted by molar-refractivity contribution is 5.82. The summed E-state index contributed by atoms with van der Waals surface area (Å²) >= 11 is 0. The van der Waals surface area contributed by atoms with Crippen molar-refractivity contribution in [3.8, 4) is 0 Å². The molecule has 7 nitrogen and oxygen atoms in total. The Labute approximate surface area is 116 Å². The number of carbonyl (C=O) groups is 1. The van der Waals surface area contributed by atoms with E-state index in [1.807, 2.05) is 7.05 Å². The summed E-state index contributed by atoms with van der Waals surface area (Å²) in [5.41, 5.74) is 0.313. The first kappa shape index (κ1) is 14.4. The first-order valence-electron chi connectivity index (χ1n) is 6.39. The van der Waals surface area contributed by atoms with Gasteiger partial charge in [-0.2, -0.15) is 0 Å². The topological polar surface area (TPSA) is 86.9 Å². The van der Waals surface area contributed by atoms with Crippen LogP contribution in [0.25, 0.3) is 0 Å². The molecule has 0 aliphatic carbocycles. The fourth-order valence-electron chi connectivity index (χ4n) is 2.12. The molecule has 1 atom stereocenters. The van der Waals surface area contributed by atoms with Crippen LogP contribution in [0.5, 0.6) is 0 Å². The van der Waals surface area contributed by atoms with Gasteiger partial charge in [0.2, 0.25) is 0 Å². The molecule has 7 heteroatoms. The van der Waals surface area contributed by atoms with Crippen molar-refractivity contribution in [1.82, 2.24) is 9.80 Å². The standard InChI is InChI=1S/C13H17N3O4/c1-14-6-8-15(9-7-14)13(18)12(17)10-2-4-11(5-3-10)16(19)20/h2-5,12,17H,6-9H2,1H3. The van der Waals surface area contributed by atoms with Gasteiger partial charge in [-0.25, -0.2) is 0 Å². The average Bonchev–Trinajstić information content (AvgIpc) is 2.46. The van der Waals surface area contributed by atoms with E-state index in [4.69, 9.17) is 0 Å². The number of aliphatic hydroxyl groups is 1. The lowest BCUT2D eigenvalue weighted by molar-refractivity contribution is -0.384. The van der Waals surface area contributed by atoms with E-state index in [0.717, 1.165) is 13.1 Å². The molecule has 1 unspecified atom stereocenters. The van der Waals surface area contributed by atoms with Crippen LogP contribution in [0.2, 0.25) is 0 Å². The molecule has 1 N–H and O–H groups in total. The Morgan fingerprint density at radius 1 is 1.25 bits per heavy atom. The van der Waals surface area contributed by atoms with E-state index in [9.17, 15) is 20.0 Å². The largest absolute Gasteiger partial charge is 0.378 e. The number of benzene rings is 1. The Bertz CT molecular complexity index is 495. The third-order valence-corrected chi connectivity index (χ3v) is 3.47. The molecule has 0 bridgehead atoms. The summed E-state index contributed by atoms with van der Waals surface area (Å²) in [5, 5.41) is 20.6. The minimum atomic E-state index is -1.26. The van der Waals surface area contributed by atoms with E-state index >= 15 is 0 Å². The molecule has 1 aromatic rings. The smallest absolute Gasteiger partial charge is 0.269 e. The second kappa shape index (κ2) is 5.98. The molecule has 0 saturated carbocycles. The molecule has 0 radical (unpaired) electrons. The summed E-state index contributed by atoms with van der Waals surface area (Å²) in [4.78, 5) is 25.9. The fraction of sp³-hybridized carbons (Fsp3) is 0.462. The molecule has 2 rings (SSSR count). The van der Waals surface area contributed by atoms with Gasteiger partial charge in [0.15, 0.2) is 6.10 Å². The zero-order valence-corrected chi connectivity index (χ0v) is 11.2. The van der Waals surface area contributed by atoms with Crippen molar-refractivity contribution in [3.63, 3.8) is 0 Å². The van der Waals surface area contributed by atoms with Gasteiger partial charge in [0.05, 0.1) is 4.92 Å². The van der Waals surface area contributed by atoms with Crippen molar-refractivity contribution in [1.29, 1.82) is 0 Å². The van der Waals surface area contributed by atoms with Gasteiger partial charge in [0.1, 0.15) is 0 Å². The molecular formula is C13H17N3O4. The molecule has 1 fully saturated rings. The summed E-state index contributed by atoms with van der Waals surface area (Å²) in [7, 11) is 1.98. The van der Waals surface area contributed by atoms with Gasteiger partial charge in [-0.3, -0.25) is 14.9 Å². The molecule has 1 aliphatic heterocycles. The van der Waals surface area contributed by atoms with Gasteiger partial charge >= 0.3 is 0 Å². The maximum Gasteiger partial charge on any atom is 0.269 e. The van der Waals surface area contributed by atoms with Crippen molar-refractivity contribution >= 4 is 11.6 Å². The number of non-ortho nitro benzene ring substituents is 1. The van der Waals surface area contributed by atoms with Gasteiger partial charge in [-0.15, -0.1) is 0 Å². The van der Waals surface area contributed by atoms with Crippen LogP contribution in [0.3, 0.4) is 0 Å². The normalized spacial score (nSPS) is 17.8. The molecule has 1 heterocycles. The van der Waals surface area contributed by atoms with Crippen LogP contribution in [0.1, 0.15) is 11.7 Å². The summed E-state index contributed by atoms with van der Waals surface area (Å²) in [5.74, 6) is -0.355. The first-order chi connectivity index (χ1) is 9.49. The number of hydrogen-bond donors (Lipinski definition) is 1. The Morgan fingerprint density at radius 3 is 2.30 bits per heavy atom. The van der Waals surface area contributed by atoms with Crippen molar-refractivity contribution in [2.45, 2.75) is 6.10 Å². The zero-order valence-electron chi connectivity index (χ0n) is 11.2. The Balaban J connectivity index is 2.04. The van der Waals surface area contributed by atoms with Crippen LogP contribution in [-0.2, 0) is 4.79 Å². The Kier molecular flexibility index (Phi) is 4.31. The minimum absolute atomic E-state index is 0.0620. The van der Waals surface area contributed by atoms with Crippen molar-refractivity contribution < 1.29 is 14.8 Å². The second-order valence-electron chi connectivity index (χ2n) is 4.88. The van der Waals surface area contributed by atoms with Gasteiger partial charge in [0, 0.05) is 38.3 Å². The maximum atomic E-state index is 12.1. The van der Waals surface area contributed by atoms with Crippen molar-refractivity contribution in [2.24, 2.45) is 0 Å². The second-order valence-corrected chi connectivity index (χ2v) is 4.88. The predicted octanol–water partition coefficient (Wildman–Crippen LogP) is 0.402. The highest BCUT2D eigenvalue weighted by Crippen LogP contribution is 2.20. The number of piperazine rings is 1. The zero-order chi connectivity index (χ0) is 14.7. The molecule has 0 aromatic heterocycles. The quantitative estimate of drug-likeness (QED) is 0.639. The van der Waals surface area contributed by atoms with Crippen LogP contribution in [-0.4, -0.2) is 59.0 Å². The fourth-order valence-corrected chi connectivity index (χ4v) is 2.12. The van der Waals surface area contributed by atoms with Gasteiger partial charge in [-0.05, 0) is 24.7 Å². The average molecular weight is 279 g/mol. The van der Waals surface area contributed by atoms with Gasteiger partial charge in [0.25, 0.3) is 11.6 Å². The number of nitro groups is 1. The summed E-state index contributed by atoms with van der Waals surface area (Å²) in [6.45, 7) is 2.72. The SMILES string of the molecule is CN1CCN(C(=O)C(O)c2ccc([N+](=O)[O-])cc2)CC1. The number of amides is 1. The van der Waals surface area contributed by atoms with Crippen LogP contribution in [0.4, 0.5) is 5.69 Å². The van der Waals surface area contributed by atoms with Gasteiger partial charge < -0.3 is 14.9 Å². The maximum absolute atomic E-state index is 12.1. The first-order valence-corrected chi connectivity index (χ1v) is 6.39. The van der Waals surface area contributed by atoms with E-state index in [-0.39, 0.29) is 11.6 Å². The van der Waals surface area contributed by atoms with Crippen LogP contribution in [0.15, 0.2) is 24.3 Å². The Morgan fingerprint density at radius 2 is 1.80 bits per heavy atom. The molecule has 108 valence electrons. The van der Waals surface area contributed by atoms with Crippen molar-refractivity contribution in [2.75, 3.05) is 33.2 Å². The third-order valence-electron chi connectivity index (χ3n) is 3.47. The van der Waals surface area contributed by atoms with E-state index in [1.54, 1.807) is 4.90 Å². The van der Waals surface area contributed by atoms with E-state index in [0.29, 0.717) is 18.7 Å². The Hall–Kier alpha value is -1.99. The number of likely N-dealkylation sites (N-methyl/N-ethyl adjacent to an activating group) is 1. The third kappa shape index (κ3) is 3.12. The molecule has 1 amide bonds. The summed E-state index contributed by atoms with van der Waals surface area (Å²) in [6, 6.07) is 5.40. The highest BCUT2D eigenvalue weighted by atomic mass is 16.6. The van der Waals surface area contributed by atoms with Crippen molar-refractivity contribution in [3.05, 3.63) is 39.9 Å². The lowest BCUT2D eigenvalue weighted by Gasteiger charge is -2.33. The number of nitro benzene ring substituents is 1.